The average Bonchev–Trinajstić information content (AvgIpc) is 2.89. The molecule has 0 atom stereocenters. The van der Waals surface area contributed by atoms with E-state index in [-0.39, 0.29) is 5.91 Å². The molecule has 22 heavy (non-hydrogen) atoms. The van der Waals surface area contributed by atoms with Crippen molar-refractivity contribution in [3.63, 3.8) is 0 Å². The average molecular weight is 393 g/mol. The fourth-order valence-electron chi connectivity index (χ4n) is 1.94. The van der Waals surface area contributed by atoms with Crippen molar-refractivity contribution in [1.29, 1.82) is 0 Å². The van der Waals surface area contributed by atoms with E-state index in [1.54, 1.807) is 11.8 Å². The Hall–Kier alpha value is -1.37. The summed E-state index contributed by atoms with van der Waals surface area (Å²) < 4.78 is 2.07. The number of anilines is 1. The van der Waals surface area contributed by atoms with Gasteiger partial charge in [0.2, 0.25) is 5.91 Å². The van der Waals surface area contributed by atoms with Crippen LogP contribution in [0.1, 0.15) is 5.56 Å². The Morgan fingerprint density at radius 2 is 2.05 bits per heavy atom. The number of carbonyl (C=O) groups is 1. The lowest BCUT2D eigenvalue weighted by atomic mass is 10.2. The highest BCUT2D eigenvalue weighted by Gasteiger charge is 2.08. The van der Waals surface area contributed by atoms with E-state index in [9.17, 15) is 4.79 Å². The minimum absolute atomic E-state index is 0.0148. The monoisotopic (exact) mass is 392 g/mol. The number of thiazole rings is 1. The second kappa shape index (κ2) is 7.26. The van der Waals surface area contributed by atoms with Crippen LogP contribution in [0.15, 0.2) is 53.0 Å². The van der Waals surface area contributed by atoms with Crippen LogP contribution in [-0.4, -0.2) is 16.6 Å². The number of fused-ring (bicyclic) bond motifs is 1. The largest absolute Gasteiger partial charge is 0.301 e. The number of carbonyl (C=O) groups excluding carboxylic acids is 1. The van der Waals surface area contributed by atoms with E-state index in [0.29, 0.717) is 10.9 Å². The van der Waals surface area contributed by atoms with Crippen LogP contribution < -0.4 is 5.32 Å². The van der Waals surface area contributed by atoms with Gasteiger partial charge >= 0.3 is 0 Å². The Labute approximate surface area is 145 Å². The third-order valence-electron chi connectivity index (χ3n) is 2.94. The second-order valence-corrected chi connectivity index (χ2v) is 7.59. The highest BCUT2D eigenvalue weighted by atomic mass is 79.9. The highest BCUT2D eigenvalue weighted by Crippen LogP contribution is 2.28. The molecule has 0 radical (unpaired) electrons. The molecule has 0 aliphatic heterocycles. The number of rotatable bonds is 5. The summed E-state index contributed by atoms with van der Waals surface area (Å²) in [7, 11) is 0. The third kappa shape index (κ3) is 4.09. The van der Waals surface area contributed by atoms with Crippen LogP contribution in [0.3, 0.4) is 0 Å². The Morgan fingerprint density at radius 3 is 2.86 bits per heavy atom. The molecule has 3 rings (SSSR count). The Kier molecular flexibility index (Phi) is 5.12. The smallest absolute Gasteiger partial charge is 0.236 e. The molecule has 0 aliphatic carbocycles. The number of nitrogens with zero attached hydrogens (tertiary/aromatic N) is 1. The fourth-order valence-corrected chi connectivity index (χ4v) is 4.16. The van der Waals surface area contributed by atoms with E-state index < -0.39 is 0 Å². The van der Waals surface area contributed by atoms with E-state index in [1.807, 2.05) is 36.4 Å². The number of benzene rings is 2. The Bertz CT molecular complexity index is 789. The summed E-state index contributed by atoms with van der Waals surface area (Å²) in [6.07, 6.45) is 0. The lowest BCUT2D eigenvalue weighted by molar-refractivity contribution is -0.113. The summed E-state index contributed by atoms with van der Waals surface area (Å²) in [4.78, 5) is 16.4. The molecule has 0 saturated heterocycles. The Morgan fingerprint density at radius 1 is 1.23 bits per heavy atom. The van der Waals surface area contributed by atoms with E-state index >= 15 is 0 Å². The predicted molar refractivity (Wildman–Crippen MR) is 98.6 cm³/mol. The van der Waals surface area contributed by atoms with Crippen LogP contribution in [0.5, 0.6) is 0 Å². The van der Waals surface area contributed by atoms with Gasteiger partial charge in [0.05, 0.1) is 16.0 Å². The number of amides is 1. The minimum atomic E-state index is -0.0148. The van der Waals surface area contributed by atoms with Crippen molar-refractivity contribution in [2.45, 2.75) is 5.75 Å². The number of hydrogen-bond donors (Lipinski definition) is 1. The summed E-state index contributed by atoms with van der Waals surface area (Å²) in [5.41, 5.74) is 2.13. The van der Waals surface area contributed by atoms with E-state index in [2.05, 4.69) is 38.4 Å². The van der Waals surface area contributed by atoms with E-state index in [0.717, 1.165) is 20.4 Å². The van der Waals surface area contributed by atoms with E-state index in [4.69, 9.17) is 0 Å². The molecule has 0 aliphatic rings. The number of halogens is 1. The van der Waals surface area contributed by atoms with Gasteiger partial charge in [-0.2, -0.15) is 0 Å². The molecule has 112 valence electrons. The van der Waals surface area contributed by atoms with E-state index in [1.165, 1.54) is 16.9 Å². The summed E-state index contributed by atoms with van der Waals surface area (Å²) >= 11 is 6.52. The zero-order chi connectivity index (χ0) is 15.4. The molecule has 2 aromatic carbocycles. The van der Waals surface area contributed by atoms with Crippen LogP contribution in [0.25, 0.3) is 10.2 Å². The molecule has 0 fully saturated rings. The molecular formula is C16H13BrN2OS2. The topological polar surface area (TPSA) is 42.0 Å². The van der Waals surface area contributed by atoms with Crippen molar-refractivity contribution >= 4 is 60.3 Å². The van der Waals surface area contributed by atoms with Crippen LogP contribution in [0.2, 0.25) is 0 Å². The van der Waals surface area contributed by atoms with Gasteiger partial charge in [-0.05, 0) is 23.8 Å². The molecule has 1 heterocycles. The first-order valence-electron chi connectivity index (χ1n) is 6.68. The minimum Gasteiger partial charge on any atom is -0.301 e. The molecule has 0 bridgehead atoms. The number of aromatic nitrogens is 1. The van der Waals surface area contributed by atoms with Gasteiger partial charge in [-0.15, -0.1) is 11.8 Å². The molecule has 1 amide bonds. The fraction of sp³-hybridized carbons (Fsp3) is 0.125. The van der Waals surface area contributed by atoms with Gasteiger partial charge in [0.1, 0.15) is 0 Å². The molecule has 1 N–H and O–H groups in total. The third-order valence-corrected chi connectivity index (χ3v) is 5.37. The van der Waals surface area contributed by atoms with Crippen molar-refractivity contribution in [2.75, 3.05) is 11.1 Å². The second-order valence-electron chi connectivity index (χ2n) is 4.66. The lowest BCUT2D eigenvalue weighted by Crippen LogP contribution is -2.13. The van der Waals surface area contributed by atoms with Crippen LogP contribution in [-0.2, 0) is 10.5 Å². The van der Waals surface area contributed by atoms with Gasteiger partial charge in [0.15, 0.2) is 5.13 Å². The summed E-state index contributed by atoms with van der Waals surface area (Å²) in [5, 5.41) is 3.52. The summed E-state index contributed by atoms with van der Waals surface area (Å²) in [5.74, 6) is 1.24. The standard InChI is InChI=1S/C16H13BrN2OS2/c17-12-6-7-13-14(8-12)22-16(18-13)19-15(20)10-21-9-11-4-2-1-3-5-11/h1-8H,9-10H2,(H,18,19,20). The van der Waals surface area contributed by atoms with Crippen molar-refractivity contribution in [3.05, 3.63) is 58.6 Å². The molecule has 6 heteroatoms. The van der Waals surface area contributed by atoms with Crippen LogP contribution >= 0.6 is 39.0 Å². The maximum absolute atomic E-state index is 12.0. The Balaban J connectivity index is 1.54. The first kappa shape index (κ1) is 15.5. The highest BCUT2D eigenvalue weighted by molar-refractivity contribution is 9.10. The summed E-state index contributed by atoms with van der Waals surface area (Å²) in [6.45, 7) is 0. The predicted octanol–water partition coefficient (Wildman–Crippen LogP) is 4.93. The number of nitrogens with one attached hydrogen (secondary N) is 1. The van der Waals surface area contributed by atoms with Crippen LogP contribution in [0.4, 0.5) is 5.13 Å². The SMILES string of the molecule is O=C(CSCc1ccccc1)Nc1nc2ccc(Br)cc2s1. The van der Waals surface area contributed by atoms with Crippen molar-refractivity contribution in [2.24, 2.45) is 0 Å². The van der Waals surface area contributed by atoms with Gasteiger partial charge in [-0.1, -0.05) is 57.6 Å². The normalized spacial score (nSPS) is 10.8. The molecule has 3 aromatic rings. The van der Waals surface area contributed by atoms with Crippen molar-refractivity contribution in [3.8, 4) is 0 Å². The van der Waals surface area contributed by atoms with Crippen molar-refractivity contribution in [1.82, 2.24) is 4.98 Å². The molecule has 0 unspecified atom stereocenters. The zero-order valence-corrected chi connectivity index (χ0v) is 14.8. The van der Waals surface area contributed by atoms with Gasteiger partial charge < -0.3 is 5.32 Å². The molecule has 1 aromatic heterocycles. The first-order chi connectivity index (χ1) is 10.7. The van der Waals surface area contributed by atoms with Gasteiger partial charge in [-0.3, -0.25) is 4.79 Å². The van der Waals surface area contributed by atoms with Gasteiger partial charge in [-0.25, -0.2) is 4.98 Å². The maximum Gasteiger partial charge on any atom is 0.236 e. The quantitative estimate of drug-likeness (QED) is 0.668. The first-order valence-corrected chi connectivity index (χ1v) is 9.45. The number of hydrogen-bond acceptors (Lipinski definition) is 4. The van der Waals surface area contributed by atoms with Crippen molar-refractivity contribution < 1.29 is 4.79 Å². The molecular weight excluding hydrogens is 380 g/mol. The van der Waals surface area contributed by atoms with Crippen LogP contribution in [0, 0.1) is 0 Å². The maximum atomic E-state index is 12.0. The summed E-state index contributed by atoms with van der Waals surface area (Å²) in [6, 6.07) is 16.0. The molecule has 0 spiro atoms. The zero-order valence-electron chi connectivity index (χ0n) is 11.6. The lowest BCUT2D eigenvalue weighted by Gasteiger charge is -2.02. The van der Waals surface area contributed by atoms with Gasteiger partial charge in [0.25, 0.3) is 0 Å². The number of thioether (sulfide) groups is 1. The molecule has 3 nitrogen and oxygen atoms in total. The van der Waals surface area contributed by atoms with Gasteiger partial charge in [0, 0.05) is 10.2 Å². The molecule has 0 saturated carbocycles.